The van der Waals surface area contributed by atoms with Crippen LogP contribution in [0.2, 0.25) is 0 Å². The lowest BCUT2D eigenvalue weighted by molar-refractivity contribution is -0.152. The topological polar surface area (TPSA) is 67.9 Å². The molecule has 1 unspecified atom stereocenters. The van der Waals surface area contributed by atoms with E-state index in [0.29, 0.717) is 5.69 Å². The number of carbonyl (C=O) groups is 2. The number of piperidine rings is 1. The molecule has 1 amide bonds. The molecule has 160 valence electrons. The van der Waals surface area contributed by atoms with Crippen molar-refractivity contribution in [2.24, 2.45) is 0 Å². The van der Waals surface area contributed by atoms with Crippen molar-refractivity contribution in [1.82, 2.24) is 0 Å². The summed E-state index contributed by atoms with van der Waals surface area (Å²) in [7, 11) is 1.59. The average Bonchev–Trinajstić information content (AvgIpc) is 2.76. The molecule has 1 N–H and O–H groups in total. The van der Waals surface area contributed by atoms with Crippen LogP contribution in [0, 0.1) is 6.92 Å². The van der Waals surface area contributed by atoms with E-state index in [-0.39, 0.29) is 12.3 Å². The number of ether oxygens (including phenoxy) is 2. The molecule has 0 radical (unpaired) electrons. The first-order valence-electron chi connectivity index (χ1n) is 10.4. The Morgan fingerprint density at radius 1 is 1.07 bits per heavy atom. The monoisotopic (exact) mass is 410 g/mol. The van der Waals surface area contributed by atoms with Gasteiger partial charge in [0, 0.05) is 24.5 Å². The van der Waals surface area contributed by atoms with Crippen LogP contribution in [0.4, 0.5) is 11.4 Å². The van der Waals surface area contributed by atoms with Gasteiger partial charge in [0.1, 0.15) is 5.75 Å². The summed E-state index contributed by atoms with van der Waals surface area (Å²) in [5, 5.41) is 2.81. The van der Waals surface area contributed by atoms with Gasteiger partial charge in [-0.05, 0) is 74.6 Å². The van der Waals surface area contributed by atoms with E-state index in [1.54, 1.807) is 14.0 Å². The number of amides is 1. The van der Waals surface area contributed by atoms with Crippen LogP contribution < -0.4 is 15.0 Å². The SMILES string of the molecule is COc1cc(CC(=O)OC(C)C(=O)Nc2ccc(N3CCCCC3)cc2)ccc1C. The second-order valence-corrected chi connectivity index (χ2v) is 7.70. The Bertz CT molecular complexity index is 873. The highest BCUT2D eigenvalue weighted by molar-refractivity contribution is 5.95. The first kappa shape index (κ1) is 21.7. The maximum absolute atomic E-state index is 12.4. The van der Waals surface area contributed by atoms with E-state index >= 15 is 0 Å². The van der Waals surface area contributed by atoms with Crippen molar-refractivity contribution in [3.8, 4) is 5.75 Å². The number of nitrogens with one attached hydrogen (secondary N) is 1. The number of benzene rings is 2. The molecule has 2 aromatic carbocycles. The number of rotatable bonds is 7. The lowest BCUT2D eigenvalue weighted by atomic mass is 10.1. The van der Waals surface area contributed by atoms with Gasteiger partial charge in [0.05, 0.1) is 13.5 Å². The smallest absolute Gasteiger partial charge is 0.311 e. The van der Waals surface area contributed by atoms with Crippen LogP contribution >= 0.6 is 0 Å². The molecule has 1 aliphatic heterocycles. The predicted octanol–water partition coefficient (Wildman–Crippen LogP) is 4.11. The van der Waals surface area contributed by atoms with Crippen molar-refractivity contribution in [2.45, 2.75) is 45.6 Å². The number of methoxy groups -OCH3 is 1. The summed E-state index contributed by atoms with van der Waals surface area (Å²) in [5.74, 6) is -0.0846. The van der Waals surface area contributed by atoms with Crippen LogP contribution in [0.5, 0.6) is 5.75 Å². The van der Waals surface area contributed by atoms with Crippen molar-refractivity contribution in [2.75, 3.05) is 30.4 Å². The first-order chi connectivity index (χ1) is 14.5. The fourth-order valence-electron chi connectivity index (χ4n) is 3.58. The van der Waals surface area contributed by atoms with Crippen LogP contribution in [0.1, 0.15) is 37.3 Å². The van der Waals surface area contributed by atoms with Gasteiger partial charge in [0.2, 0.25) is 0 Å². The zero-order chi connectivity index (χ0) is 21.5. The van der Waals surface area contributed by atoms with E-state index in [1.807, 2.05) is 49.4 Å². The van der Waals surface area contributed by atoms with E-state index in [1.165, 1.54) is 24.9 Å². The second-order valence-electron chi connectivity index (χ2n) is 7.70. The van der Waals surface area contributed by atoms with Gasteiger partial charge in [-0.3, -0.25) is 9.59 Å². The van der Waals surface area contributed by atoms with Crippen LogP contribution in [0.15, 0.2) is 42.5 Å². The predicted molar refractivity (Wildman–Crippen MR) is 118 cm³/mol. The highest BCUT2D eigenvalue weighted by atomic mass is 16.5. The van der Waals surface area contributed by atoms with Crippen molar-refractivity contribution in [3.05, 3.63) is 53.6 Å². The van der Waals surface area contributed by atoms with Crippen molar-refractivity contribution >= 4 is 23.3 Å². The maximum atomic E-state index is 12.4. The van der Waals surface area contributed by atoms with Crippen molar-refractivity contribution < 1.29 is 19.1 Å². The van der Waals surface area contributed by atoms with Gasteiger partial charge in [-0.15, -0.1) is 0 Å². The standard InChI is InChI=1S/C24H30N2O4/c1-17-7-8-19(15-22(17)29-3)16-23(27)30-18(2)24(28)25-20-9-11-21(12-10-20)26-13-5-4-6-14-26/h7-12,15,18H,4-6,13-14,16H2,1-3H3,(H,25,28). The molecular weight excluding hydrogens is 380 g/mol. The third-order valence-electron chi connectivity index (χ3n) is 5.35. The zero-order valence-corrected chi connectivity index (χ0v) is 17.9. The Morgan fingerprint density at radius 3 is 2.43 bits per heavy atom. The number of hydrogen-bond donors (Lipinski definition) is 1. The van der Waals surface area contributed by atoms with Crippen molar-refractivity contribution in [3.63, 3.8) is 0 Å². The number of aryl methyl sites for hydroxylation is 1. The lowest BCUT2D eigenvalue weighted by Gasteiger charge is -2.28. The molecule has 30 heavy (non-hydrogen) atoms. The molecular formula is C24H30N2O4. The summed E-state index contributed by atoms with van der Waals surface area (Å²) in [6, 6.07) is 13.4. The van der Waals surface area contributed by atoms with E-state index < -0.39 is 12.1 Å². The highest BCUT2D eigenvalue weighted by Gasteiger charge is 2.19. The Labute approximate surface area is 178 Å². The maximum Gasteiger partial charge on any atom is 0.311 e. The number of hydrogen-bond acceptors (Lipinski definition) is 5. The molecule has 1 saturated heterocycles. The zero-order valence-electron chi connectivity index (χ0n) is 17.9. The summed E-state index contributed by atoms with van der Waals surface area (Å²) >= 11 is 0. The molecule has 1 fully saturated rings. The molecule has 1 heterocycles. The third kappa shape index (κ3) is 5.75. The normalized spacial score (nSPS) is 14.7. The van der Waals surface area contributed by atoms with Gasteiger partial charge < -0.3 is 19.7 Å². The molecule has 1 aliphatic rings. The van der Waals surface area contributed by atoms with E-state index in [4.69, 9.17) is 9.47 Å². The van der Waals surface area contributed by atoms with Gasteiger partial charge in [0.15, 0.2) is 6.10 Å². The van der Waals surface area contributed by atoms with Gasteiger partial charge >= 0.3 is 5.97 Å². The Morgan fingerprint density at radius 2 is 1.77 bits per heavy atom. The minimum Gasteiger partial charge on any atom is -0.496 e. The molecule has 0 bridgehead atoms. The number of esters is 1. The first-order valence-corrected chi connectivity index (χ1v) is 10.4. The Hall–Kier alpha value is -3.02. The molecule has 6 heteroatoms. The van der Waals surface area contributed by atoms with Crippen LogP contribution in [0.3, 0.4) is 0 Å². The number of nitrogens with zero attached hydrogens (tertiary/aromatic N) is 1. The molecule has 3 rings (SSSR count). The summed E-state index contributed by atoms with van der Waals surface area (Å²) in [4.78, 5) is 27.0. The fourth-order valence-corrected chi connectivity index (χ4v) is 3.58. The molecule has 0 spiro atoms. The third-order valence-corrected chi connectivity index (χ3v) is 5.35. The second kappa shape index (κ2) is 10.1. The molecule has 1 atom stereocenters. The summed E-state index contributed by atoms with van der Waals surface area (Å²) < 4.78 is 10.6. The van der Waals surface area contributed by atoms with Gasteiger partial charge in [-0.25, -0.2) is 0 Å². The largest absolute Gasteiger partial charge is 0.496 e. The fraction of sp³-hybridized carbons (Fsp3) is 0.417. The average molecular weight is 411 g/mol. The van der Waals surface area contributed by atoms with E-state index in [0.717, 1.165) is 30.0 Å². The van der Waals surface area contributed by atoms with E-state index in [9.17, 15) is 9.59 Å². The molecule has 6 nitrogen and oxygen atoms in total. The molecule has 0 aliphatic carbocycles. The Balaban J connectivity index is 1.50. The molecule has 2 aromatic rings. The van der Waals surface area contributed by atoms with Crippen LogP contribution in [-0.2, 0) is 20.7 Å². The quantitative estimate of drug-likeness (QED) is 0.696. The lowest BCUT2D eigenvalue weighted by Crippen LogP contribution is -2.31. The van der Waals surface area contributed by atoms with Crippen molar-refractivity contribution in [1.29, 1.82) is 0 Å². The van der Waals surface area contributed by atoms with Gasteiger partial charge in [-0.2, -0.15) is 0 Å². The van der Waals surface area contributed by atoms with E-state index in [2.05, 4.69) is 10.2 Å². The molecule has 0 saturated carbocycles. The number of carbonyl (C=O) groups excluding carboxylic acids is 2. The molecule has 0 aromatic heterocycles. The van der Waals surface area contributed by atoms with Gasteiger partial charge in [-0.1, -0.05) is 12.1 Å². The number of anilines is 2. The minimum atomic E-state index is -0.883. The van der Waals surface area contributed by atoms with Crippen LogP contribution in [-0.4, -0.2) is 38.2 Å². The summed E-state index contributed by atoms with van der Waals surface area (Å²) in [5.41, 5.74) is 3.63. The van der Waals surface area contributed by atoms with Gasteiger partial charge in [0.25, 0.3) is 5.91 Å². The Kier molecular flexibility index (Phi) is 7.33. The summed E-state index contributed by atoms with van der Waals surface area (Å²) in [6.07, 6.45) is 2.93. The highest BCUT2D eigenvalue weighted by Crippen LogP contribution is 2.22. The van der Waals surface area contributed by atoms with Crippen LogP contribution in [0.25, 0.3) is 0 Å². The summed E-state index contributed by atoms with van der Waals surface area (Å²) in [6.45, 7) is 5.66. The minimum absolute atomic E-state index is 0.0821.